The SMILES string of the molecule is C=CCN(C)S(=O)(=O)N1CCC(CN)CC1. The van der Waals surface area contributed by atoms with Crippen LogP contribution in [0.25, 0.3) is 0 Å². The van der Waals surface area contributed by atoms with E-state index < -0.39 is 10.2 Å². The molecule has 0 unspecified atom stereocenters. The minimum atomic E-state index is -3.30. The molecule has 0 aromatic heterocycles. The molecule has 0 aromatic carbocycles. The Bertz CT molecular complexity index is 321. The van der Waals surface area contributed by atoms with Crippen molar-refractivity contribution < 1.29 is 8.42 Å². The minimum absolute atomic E-state index is 0.346. The predicted octanol–water partition coefficient (Wildman–Crippen LogP) is 0.0197. The lowest BCUT2D eigenvalue weighted by molar-refractivity contribution is 0.265. The predicted molar refractivity (Wildman–Crippen MR) is 65.1 cm³/mol. The van der Waals surface area contributed by atoms with Gasteiger partial charge in [0.2, 0.25) is 0 Å². The molecule has 1 aliphatic heterocycles. The average Bonchev–Trinajstić information content (AvgIpc) is 2.29. The van der Waals surface area contributed by atoms with Crippen molar-refractivity contribution in [2.24, 2.45) is 11.7 Å². The minimum Gasteiger partial charge on any atom is -0.330 e. The van der Waals surface area contributed by atoms with Crippen molar-refractivity contribution in [1.29, 1.82) is 0 Å². The Morgan fingerprint density at radius 2 is 2.06 bits per heavy atom. The number of nitrogens with zero attached hydrogens (tertiary/aromatic N) is 2. The van der Waals surface area contributed by atoms with Crippen LogP contribution in [0.1, 0.15) is 12.8 Å². The van der Waals surface area contributed by atoms with Crippen LogP contribution in [0.15, 0.2) is 12.7 Å². The van der Waals surface area contributed by atoms with E-state index in [0.717, 1.165) is 12.8 Å². The van der Waals surface area contributed by atoms with Crippen LogP contribution in [-0.2, 0) is 10.2 Å². The highest BCUT2D eigenvalue weighted by Crippen LogP contribution is 2.19. The van der Waals surface area contributed by atoms with Crippen LogP contribution in [0.2, 0.25) is 0 Å². The molecule has 0 amide bonds. The van der Waals surface area contributed by atoms with Gasteiger partial charge in [0, 0.05) is 26.7 Å². The van der Waals surface area contributed by atoms with E-state index in [2.05, 4.69) is 6.58 Å². The van der Waals surface area contributed by atoms with Gasteiger partial charge >= 0.3 is 0 Å². The Hall–Kier alpha value is -0.430. The molecule has 0 atom stereocenters. The van der Waals surface area contributed by atoms with Gasteiger partial charge in [-0.1, -0.05) is 6.08 Å². The van der Waals surface area contributed by atoms with E-state index >= 15 is 0 Å². The van der Waals surface area contributed by atoms with Crippen LogP contribution < -0.4 is 5.73 Å². The highest BCUT2D eigenvalue weighted by atomic mass is 32.2. The van der Waals surface area contributed by atoms with Gasteiger partial charge in [0.15, 0.2) is 0 Å². The molecule has 1 rings (SSSR count). The van der Waals surface area contributed by atoms with Gasteiger partial charge in [-0.3, -0.25) is 0 Å². The molecule has 0 bridgehead atoms. The number of hydrogen-bond donors (Lipinski definition) is 1. The summed E-state index contributed by atoms with van der Waals surface area (Å²) in [4.78, 5) is 0. The van der Waals surface area contributed by atoms with Gasteiger partial charge in [-0.25, -0.2) is 0 Å². The Balaban J connectivity index is 2.61. The number of piperidine rings is 1. The first kappa shape index (κ1) is 13.6. The molecule has 6 heteroatoms. The third-order valence-corrected chi connectivity index (χ3v) is 4.97. The zero-order chi connectivity index (χ0) is 12.2. The molecule has 16 heavy (non-hydrogen) atoms. The summed E-state index contributed by atoms with van der Waals surface area (Å²) in [6, 6.07) is 0. The second kappa shape index (κ2) is 5.77. The van der Waals surface area contributed by atoms with E-state index in [-0.39, 0.29) is 0 Å². The first-order valence-electron chi connectivity index (χ1n) is 5.54. The zero-order valence-corrected chi connectivity index (χ0v) is 10.6. The topological polar surface area (TPSA) is 66.6 Å². The highest BCUT2D eigenvalue weighted by Gasteiger charge is 2.29. The lowest BCUT2D eigenvalue weighted by Crippen LogP contribution is -2.46. The molecule has 94 valence electrons. The Morgan fingerprint density at radius 1 is 1.50 bits per heavy atom. The van der Waals surface area contributed by atoms with Crippen molar-refractivity contribution in [3.05, 3.63) is 12.7 Å². The first-order chi connectivity index (χ1) is 7.52. The molecule has 0 aromatic rings. The maximum atomic E-state index is 12.0. The van der Waals surface area contributed by atoms with Crippen molar-refractivity contribution in [2.45, 2.75) is 12.8 Å². The van der Waals surface area contributed by atoms with Gasteiger partial charge < -0.3 is 5.73 Å². The standard InChI is InChI=1S/C10H21N3O2S/c1-3-6-12(2)16(14,15)13-7-4-10(9-11)5-8-13/h3,10H,1,4-9,11H2,2H3. The first-order valence-corrected chi connectivity index (χ1v) is 6.94. The molecular weight excluding hydrogens is 226 g/mol. The van der Waals surface area contributed by atoms with Crippen LogP contribution in [0.4, 0.5) is 0 Å². The van der Waals surface area contributed by atoms with Gasteiger partial charge in [-0.2, -0.15) is 17.0 Å². The van der Waals surface area contributed by atoms with E-state index in [1.54, 1.807) is 13.1 Å². The third kappa shape index (κ3) is 3.04. The fourth-order valence-electron chi connectivity index (χ4n) is 1.85. The highest BCUT2D eigenvalue weighted by molar-refractivity contribution is 7.86. The molecule has 1 saturated heterocycles. The maximum Gasteiger partial charge on any atom is 0.282 e. The van der Waals surface area contributed by atoms with E-state index in [0.29, 0.717) is 32.1 Å². The fraction of sp³-hybridized carbons (Fsp3) is 0.800. The summed E-state index contributed by atoms with van der Waals surface area (Å²) in [5, 5.41) is 0. The second-order valence-electron chi connectivity index (χ2n) is 4.16. The van der Waals surface area contributed by atoms with E-state index in [1.165, 1.54) is 8.61 Å². The fourth-order valence-corrected chi connectivity index (χ4v) is 3.21. The van der Waals surface area contributed by atoms with Crippen molar-refractivity contribution in [3.63, 3.8) is 0 Å². The zero-order valence-electron chi connectivity index (χ0n) is 9.80. The Morgan fingerprint density at radius 3 is 2.50 bits per heavy atom. The maximum absolute atomic E-state index is 12.0. The van der Waals surface area contributed by atoms with Crippen LogP contribution >= 0.6 is 0 Å². The normalized spacial score (nSPS) is 20.2. The van der Waals surface area contributed by atoms with Crippen molar-refractivity contribution in [3.8, 4) is 0 Å². The van der Waals surface area contributed by atoms with Crippen molar-refractivity contribution in [1.82, 2.24) is 8.61 Å². The van der Waals surface area contributed by atoms with E-state index in [1.807, 2.05) is 0 Å². The molecule has 0 radical (unpaired) electrons. The van der Waals surface area contributed by atoms with Crippen LogP contribution in [0.5, 0.6) is 0 Å². The van der Waals surface area contributed by atoms with Gasteiger partial charge in [0.25, 0.3) is 10.2 Å². The summed E-state index contributed by atoms with van der Waals surface area (Å²) in [5.74, 6) is 0.469. The quantitative estimate of drug-likeness (QED) is 0.696. The molecule has 5 nitrogen and oxygen atoms in total. The average molecular weight is 247 g/mol. The van der Waals surface area contributed by atoms with Gasteiger partial charge in [-0.05, 0) is 25.3 Å². The summed E-state index contributed by atoms with van der Waals surface area (Å²) < 4.78 is 26.9. The van der Waals surface area contributed by atoms with Gasteiger partial charge in [0.05, 0.1) is 0 Å². The Labute approximate surface area is 98.1 Å². The lowest BCUT2D eigenvalue weighted by atomic mass is 9.99. The molecule has 1 fully saturated rings. The van der Waals surface area contributed by atoms with Crippen molar-refractivity contribution in [2.75, 3.05) is 33.2 Å². The molecule has 0 aliphatic carbocycles. The number of likely N-dealkylation sites (N-methyl/N-ethyl adjacent to an activating group) is 1. The summed E-state index contributed by atoms with van der Waals surface area (Å²) >= 11 is 0. The molecule has 1 aliphatic rings. The smallest absolute Gasteiger partial charge is 0.282 e. The van der Waals surface area contributed by atoms with Crippen LogP contribution in [0.3, 0.4) is 0 Å². The third-order valence-electron chi connectivity index (χ3n) is 3.01. The van der Waals surface area contributed by atoms with Gasteiger partial charge in [-0.15, -0.1) is 6.58 Å². The largest absolute Gasteiger partial charge is 0.330 e. The lowest BCUT2D eigenvalue weighted by Gasteiger charge is -2.32. The molecule has 0 spiro atoms. The van der Waals surface area contributed by atoms with Gasteiger partial charge in [0.1, 0.15) is 0 Å². The van der Waals surface area contributed by atoms with E-state index in [4.69, 9.17) is 5.73 Å². The molecule has 1 heterocycles. The summed E-state index contributed by atoms with van der Waals surface area (Å²) in [6.07, 6.45) is 3.31. The number of nitrogens with two attached hydrogens (primary N) is 1. The van der Waals surface area contributed by atoms with Crippen LogP contribution in [0, 0.1) is 5.92 Å². The monoisotopic (exact) mass is 247 g/mol. The second-order valence-corrected chi connectivity index (χ2v) is 6.19. The Kier molecular flexibility index (Phi) is 4.91. The summed E-state index contributed by atoms with van der Waals surface area (Å²) in [7, 11) is -1.73. The molecular formula is C10H21N3O2S. The summed E-state index contributed by atoms with van der Waals surface area (Å²) in [6.45, 7) is 5.69. The summed E-state index contributed by atoms with van der Waals surface area (Å²) in [5.41, 5.74) is 5.57. The van der Waals surface area contributed by atoms with E-state index in [9.17, 15) is 8.42 Å². The van der Waals surface area contributed by atoms with Crippen molar-refractivity contribution >= 4 is 10.2 Å². The molecule has 0 saturated carbocycles. The van der Waals surface area contributed by atoms with Crippen LogP contribution in [-0.4, -0.2) is 50.3 Å². The number of hydrogen-bond acceptors (Lipinski definition) is 3. The number of rotatable bonds is 5. The molecule has 2 N–H and O–H groups in total.